The Morgan fingerprint density at radius 2 is 2.06 bits per heavy atom. The normalized spacial score (nSPS) is 22.4. The third kappa shape index (κ3) is 2.62. The average molecular weight is 222 g/mol. The SMILES string of the molecule is NC(=O)CC1CCN(C2=CC(=O)CC2)CC1. The van der Waals surface area contributed by atoms with Crippen molar-refractivity contribution in [2.75, 3.05) is 13.1 Å². The summed E-state index contributed by atoms with van der Waals surface area (Å²) in [6.07, 6.45) is 5.85. The highest BCUT2D eigenvalue weighted by atomic mass is 16.1. The fourth-order valence-corrected chi connectivity index (χ4v) is 2.54. The van der Waals surface area contributed by atoms with E-state index in [1.807, 2.05) is 0 Å². The molecule has 0 aromatic heterocycles. The number of likely N-dealkylation sites (tertiary alicyclic amines) is 1. The van der Waals surface area contributed by atoms with Crippen LogP contribution in [-0.2, 0) is 9.59 Å². The van der Waals surface area contributed by atoms with Gasteiger partial charge in [0.25, 0.3) is 0 Å². The van der Waals surface area contributed by atoms with Crippen LogP contribution in [0.15, 0.2) is 11.8 Å². The topological polar surface area (TPSA) is 63.4 Å². The molecule has 88 valence electrons. The summed E-state index contributed by atoms with van der Waals surface area (Å²) >= 11 is 0. The summed E-state index contributed by atoms with van der Waals surface area (Å²) in [5.74, 6) is 0.481. The maximum absolute atomic E-state index is 11.1. The van der Waals surface area contributed by atoms with Crippen LogP contribution < -0.4 is 5.73 Å². The smallest absolute Gasteiger partial charge is 0.217 e. The lowest BCUT2D eigenvalue weighted by molar-refractivity contribution is -0.119. The van der Waals surface area contributed by atoms with Gasteiger partial charge in [-0.05, 0) is 25.2 Å². The van der Waals surface area contributed by atoms with Gasteiger partial charge in [0.05, 0.1) is 0 Å². The number of carbonyl (C=O) groups is 2. The van der Waals surface area contributed by atoms with Crippen LogP contribution in [0.5, 0.6) is 0 Å². The predicted molar refractivity (Wildman–Crippen MR) is 60.4 cm³/mol. The lowest BCUT2D eigenvalue weighted by atomic mass is 9.93. The van der Waals surface area contributed by atoms with Crippen molar-refractivity contribution in [1.82, 2.24) is 4.90 Å². The van der Waals surface area contributed by atoms with Crippen molar-refractivity contribution in [2.24, 2.45) is 11.7 Å². The maximum Gasteiger partial charge on any atom is 0.217 e. The molecule has 4 heteroatoms. The summed E-state index contributed by atoms with van der Waals surface area (Å²) in [6, 6.07) is 0. The van der Waals surface area contributed by atoms with E-state index in [0.717, 1.165) is 32.4 Å². The minimum Gasteiger partial charge on any atom is -0.375 e. The van der Waals surface area contributed by atoms with Gasteiger partial charge in [0.1, 0.15) is 0 Å². The first kappa shape index (κ1) is 11.2. The predicted octanol–water partition coefficient (Wildman–Crippen LogP) is 0.821. The van der Waals surface area contributed by atoms with Crippen LogP contribution >= 0.6 is 0 Å². The number of carbonyl (C=O) groups excluding carboxylic acids is 2. The van der Waals surface area contributed by atoms with Crippen LogP contribution in [0.4, 0.5) is 0 Å². The Balaban J connectivity index is 1.83. The van der Waals surface area contributed by atoms with Crippen LogP contribution in [0.2, 0.25) is 0 Å². The van der Waals surface area contributed by atoms with Crippen LogP contribution in [0.25, 0.3) is 0 Å². The second kappa shape index (κ2) is 4.68. The summed E-state index contributed by atoms with van der Waals surface area (Å²) in [5.41, 5.74) is 6.37. The van der Waals surface area contributed by atoms with Crippen LogP contribution in [-0.4, -0.2) is 29.7 Å². The third-order valence-electron chi connectivity index (χ3n) is 3.47. The number of rotatable bonds is 3. The van der Waals surface area contributed by atoms with Gasteiger partial charge in [0.2, 0.25) is 5.91 Å². The summed E-state index contributed by atoms with van der Waals surface area (Å²) in [7, 11) is 0. The fraction of sp³-hybridized carbons (Fsp3) is 0.667. The van der Waals surface area contributed by atoms with Gasteiger partial charge in [-0.25, -0.2) is 0 Å². The zero-order valence-corrected chi connectivity index (χ0v) is 9.45. The molecular weight excluding hydrogens is 204 g/mol. The summed E-state index contributed by atoms with van der Waals surface area (Å²) < 4.78 is 0. The number of primary amides is 1. The van der Waals surface area contributed by atoms with Crippen LogP contribution in [0.1, 0.15) is 32.1 Å². The van der Waals surface area contributed by atoms with E-state index < -0.39 is 0 Å². The van der Waals surface area contributed by atoms with E-state index in [0.29, 0.717) is 18.8 Å². The monoisotopic (exact) mass is 222 g/mol. The number of allylic oxidation sites excluding steroid dienone is 2. The molecule has 1 saturated heterocycles. The van der Waals surface area contributed by atoms with E-state index >= 15 is 0 Å². The summed E-state index contributed by atoms with van der Waals surface area (Å²) in [4.78, 5) is 24.2. The highest BCUT2D eigenvalue weighted by molar-refractivity contribution is 5.92. The van der Waals surface area contributed by atoms with E-state index in [1.54, 1.807) is 6.08 Å². The number of nitrogens with two attached hydrogens (primary N) is 1. The molecule has 1 heterocycles. The Hall–Kier alpha value is -1.32. The molecule has 2 N–H and O–H groups in total. The minimum atomic E-state index is -0.200. The summed E-state index contributed by atoms with van der Waals surface area (Å²) in [6.45, 7) is 1.91. The van der Waals surface area contributed by atoms with Crippen molar-refractivity contribution >= 4 is 11.7 Å². The van der Waals surface area contributed by atoms with Gasteiger partial charge in [0, 0.05) is 37.7 Å². The van der Waals surface area contributed by atoms with Gasteiger partial charge >= 0.3 is 0 Å². The Morgan fingerprint density at radius 1 is 1.38 bits per heavy atom. The molecule has 2 rings (SSSR count). The van der Waals surface area contributed by atoms with Crippen molar-refractivity contribution in [2.45, 2.75) is 32.1 Å². The molecule has 0 radical (unpaired) electrons. The first-order valence-corrected chi connectivity index (χ1v) is 5.92. The Morgan fingerprint density at radius 3 is 2.56 bits per heavy atom. The van der Waals surface area contributed by atoms with E-state index in [-0.39, 0.29) is 11.7 Å². The number of amides is 1. The first-order valence-electron chi connectivity index (χ1n) is 5.92. The minimum absolute atomic E-state index is 0.200. The van der Waals surface area contributed by atoms with Gasteiger partial charge < -0.3 is 10.6 Å². The Kier molecular flexibility index (Phi) is 3.27. The molecule has 0 aromatic carbocycles. The number of hydrogen-bond donors (Lipinski definition) is 1. The standard InChI is InChI=1S/C12H18N2O2/c13-12(16)7-9-3-5-14(6-4-9)10-1-2-11(15)8-10/h8-9H,1-7H2,(H2,13,16). The van der Waals surface area contributed by atoms with Gasteiger partial charge in [0.15, 0.2) is 5.78 Å². The van der Waals surface area contributed by atoms with Crippen LogP contribution in [0.3, 0.4) is 0 Å². The van der Waals surface area contributed by atoms with E-state index in [9.17, 15) is 9.59 Å². The quantitative estimate of drug-likeness (QED) is 0.769. The highest BCUT2D eigenvalue weighted by Gasteiger charge is 2.24. The molecule has 0 atom stereocenters. The molecule has 0 unspecified atom stereocenters. The van der Waals surface area contributed by atoms with Crippen molar-refractivity contribution in [3.63, 3.8) is 0 Å². The molecule has 1 fully saturated rings. The second-order valence-electron chi connectivity index (χ2n) is 4.70. The van der Waals surface area contributed by atoms with Crippen molar-refractivity contribution < 1.29 is 9.59 Å². The molecule has 4 nitrogen and oxygen atoms in total. The molecule has 1 aliphatic heterocycles. The lowest BCUT2D eigenvalue weighted by Crippen LogP contribution is -2.34. The van der Waals surface area contributed by atoms with Crippen LogP contribution in [0, 0.1) is 5.92 Å². The van der Waals surface area contributed by atoms with Gasteiger partial charge in [-0.1, -0.05) is 0 Å². The maximum atomic E-state index is 11.1. The van der Waals surface area contributed by atoms with Crippen molar-refractivity contribution in [3.05, 3.63) is 11.8 Å². The Labute approximate surface area is 95.5 Å². The van der Waals surface area contributed by atoms with Gasteiger partial charge in [-0.3, -0.25) is 9.59 Å². The second-order valence-corrected chi connectivity index (χ2v) is 4.70. The van der Waals surface area contributed by atoms with E-state index in [4.69, 9.17) is 5.73 Å². The molecule has 0 bridgehead atoms. The zero-order chi connectivity index (χ0) is 11.5. The highest BCUT2D eigenvalue weighted by Crippen LogP contribution is 2.26. The Bertz CT molecular complexity index is 328. The number of nitrogens with zero attached hydrogens (tertiary/aromatic N) is 1. The van der Waals surface area contributed by atoms with Gasteiger partial charge in [-0.2, -0.15) is 0 Å². The van der Waals surface area contributed by atoms with Crippen molar-refractivity contribution in [1.29, 1.82) is 0 Å². The first-order chi connectivity index (χ1) is 7.65. The number of piperidine rings is 1. The molecule has 2 aliphatic rings. The van der Waals surface area contributed by atoms with Gasteiger partial charge in [-0.15, -0.1) is 0 Å². The number of hydrogen-bond acceptors (Lipinski definition) is 3. The third-order valence-corrected chi connectivity index (χ3v) is 3.47. The fourth-order valence-electron chi connectivity index (χ4n) is 2.54. The molecular formula is C12H18N2O2. The molecule has 0 aromatic rings. The molecule has 1 aliphatic carbocycles. The molecule has 16 heavy (non-hydrogen) atoms. The van der Waals surface area contributed by atoms with Crippen molar-refractivity contribution in [3.8, 4) is 0 Å². The van der Waals surface area contributed by atoms with E-state index in [2.05, 4.69) is 4.90 Å². The molecule has 1 amide bonds. The largest absolute Gasteiger partial charge is 0.375 e. The zero-order valence-electron chi connectivity index (χ0n) is 9.45. The van der Waals surface area contributed by atoms with E-state index in [1.165, 1.54) is 5.70 Å². The summed E-state index contributed by atoms with van der Waals surface area (Å²) in [5, 5.41) is 0. The lowest BCUT2D eigenvalue weighted by Gasteiger charge is -2.33. The average Bonchev–Trinajstić information content (AvgIpc) is 2.65. The molecule has 0 spiro atoms. The number of ketones is 1. The molecule has 0 saturated carbocycles.